The second kappa shape index (κ2) is 6.10. The molecule has 0 radical (unpaired) electrons. The predicted octanol–water partition coefficient (Wildman–Crippen LogP) is 2.78. The molecule has 2 N–H and O–H groups in total. The van der Waals surface area contributed by atoms with E-state index in [2.05, 4.69) is 18.0 Å². The van der Waals surface area contributed by atoms with Crippen molar-refractivity contribution in [3.63, 3.8) is 0 Å². The molecule has 0 spiro atoms. The summed E-state index contributed by atoms with van der Waals surface area (Å²) in [6, 6.07) is 8.87. The van der Waals surface area contributed by atoms with Crippen LogP contribution in [-0.2, 0) is 0 Å². The molecule has 1 aromatic rings. The Kier molecular flexibility index (Phi) is 4.74. The number of nitrogens with zero attached hydrogens (tertiary/aromatic N) is 1. The summed E-state index contributed by atoms with van der Waals surface area (Å²) >= 11 is 8.28. The highest BCUT2D eigenvalue weighted by atomic mass is 35.5. The standard InChI is InChI=1S/C13H19ClN2S/c1-16(10-6-7-17-9-10)13(8-15)11-4-2-3-5-12(11)14/h2-5,10,13H,6-9,15H2,1H3. The first-order valence-corrected chi connectivity index (χ1v) is 7.51. The Morgan fingerprint density at radius 3 is 2.88 bits per heavy atom. The Labute approximate surface area is 113 Å². The minimum Gasteiger partial charge on any atom is -0.329 e. The van der Waals surface area contributed by atoms with Crippen molar-refractivity contribution >= 4 is 23.4 Å². The summed E-state index contributed by atoms with van der Waals surface area (Å²) in [6.07, 6.45) is 1.25. The molecule has 2 unspecified atom stereocenters. The van der Waals surface area contributed by atoms with Gasteiger partial charge in [0.2, 0.25) is 0 Å². The molecule has 0 aliphatic carbocycles. The third-order valence-corrected chi connectivity index (χ3v) is 4.95. The van der Waals surface area contributed by atoms with Crippen LogP contribution in [0.4, 0.5) is 0 Å². The van der Waals surface area contributed by atoms with Crippen molar-refractivity contribution in [1.82, 2.24) is 4.90 Å². The zero-order chi connectivity index (χ0) is 12.3. The number of likely N-dealkylation sites (N-methyl/N-ethyl adjacent to an activating group) is 1. The number of rotatable bonds is 4. The van der Waals surface area contributed by atoms with E-state index in [0.29, 0.717) is 12.6 Å². The molecule has 1 aromatic carbocycles. The fraction of sp³-hybridized carbons (Fsp3) is 0.538. The summed E-state index contributed by atoms with van der Waals surface area (Å²) in [5.41, 5.74) is 7.08. The van der Waals surface area contributed by atoms with E-state index < -0.39 is 0 Å². The van der Waals surface area contributed by atoms with Crippen LogP contribution in [0.25, 0.3) is 0 Å². The van der Waals surface area contributed by atoms with Gasteiger partial charge in [0, 0.05) is 29.4 Å². The van der Waals surface area contributed by atoms with Crippen molar-refractivity contribution in [3.05, 3.63) is 34.9 Å². The van der Waals surface area contributed by atoms with Gasteiger partial charge in [0.25, 0.3) is 0 Å². The molecule has 2 atom stereocenters. The summed E-state index contributed by atoms with van der Waals surface area (Å²) in [5, 5.41) is 0.820. The lowest BCUT2D eigenvalue weighted by Crippen LogP contribution is -2.38. The second-order valence-electron chi connectivity index (χ2n) is 4.46. The first-order chi connectivity index (χ1) is 8.24. The van der Waals surface area contributed by atoms with Gasteiger partial charge in [0.05, 0.1) is 0 Å². The van der Waals surface area contributed by atoms with Crippen LogP contribution in [0.5, 0.6) is 0 Å². The van der Waals surface area contributed by atoms with Crippen molar-refractivity contribution in [2.75, 3.05) is 25.1 Å². The minimum atomic E-state index is 0.229. The van der Waals surface area contributed by atoms with Crippen LogP contribution in [0.15, 0.2) is 24.3 Å². The summed E-state index contributed by atoms with van der Waals surface area (Å²) in [7, 11) is 2.16. The molecular weight excluding hydrogens is 252 g/mol. The maximum atomic E-state index is 6.26. The van der Waals surface area contributed by atoms with Crippen molar-refractivity contribution in [3.8, 4) is 0 Å². The highest BCUT2D eigenvalue weighted by Gasteiger charge is 2.27. The third kappa shape index (κ3) is 2.97. The quantitative estimate of drug-likeness (QED) is 0.912. The summed E-state index contributed by atoms with van der Waals surface area (Å²) < 4.78 is 0. The fourth-order valence-corrected chi connectivity index (χ4v) is 3.90. The van der Waals surface area contributed by atoms with Crippen molar-refractivity contribution in [2.24, 2.45) is 5.73 Å². The molecule has 94 valence electrons. The molecule has 1 heterocycles. The largest absolute Gasteiger partial charge is 0.329 e. The van der Waals surface area contributed by atoms with E-state index in [9.17, 15) is 0 Å². The Balaban J connectivity index is 2.18. The summed E-state index contributed by atoms with van der Waals surface area (Å²) in [4.78, 5) is 2.39. The molecule has 1 aliphatic rings. The third-order valence-electron chi connectivity index (χ3n) is 3.46. The first-order valence-electron chi connectivity index (χ1n) is 5.98. The molecule has 1 fully saturated rings. The number of nitrogens with two attached hydrogens (primary N) is 1. The monoisotopic (exact) mass is 270 g/mol. The highest BCUT2D eigenvalue weighted by molar-refractivity contribution is 7.99. The number of thioether (sulfide) groups is 1. The van der Waals surface area contributed by atoms with E-state index in [0.717, 1.165) is 10.6 Å². The van der Waals surface area contributed by atoms with Gasteiger partial charge in [-0.15, -0.1) is 0 Å². The van der Waals surface area contributed by atoms with E-state index in [1.807, 2.05) is 30.0 Å². The highest BCUT2D eigenvalue weighted by Crippen LogP contribution is 2.31. The van der Waals surface area contributed by atoms with Gasteiger partial charge in [0.1, 0.15) is 0 Å². The maximum absolute atomic E-state index is 6.26. The normalized spacial score (nSPS) is 22.0. The van der Waals surface area contributed by atoms with E-state index in [1.54, 1.807) is 0 Å². The van der Waals surface area contributed by atoms with Gasteiger partial charge in [0.15, 0.2) is 0 Å². The molecule has 0 saturated carbocycles. The smallest absolute Gasteiger partial charge is 0.0485 e. The molecule has 1 saturated heterocycles. The Morgan fingerprint density at radius 1 is 1.53 bits per heavy atom. The van der Waals surface area contributed by atoms with Gasteiger partial charge in [-0.05, 0) is 30.9 Å². The van der Waals surface area contributed by atoms with Gasteiger partial charge < -0.3 is 5.73 Å². The van der Waals surface area contributed by atoms with Crippen molar-refractivity contribution < 1.29 is 0 Å². The van der Waals surface area contributed by atoms with Gasteiger partial charge in [-0.25, -0.2) is 0 Å². The second-order valence-corrected chi connectivity index (χ2v) is 6.01. The van der Waals surface area contributed by atoms with Crippen LogP contribution in [-0.4, -0.2) is 36.0 Å². The minimum absolute atomic E-state index is 0.229. The lowest BCUT2D eigenvalue weighted by atomic mass is 10.0. The van der Waals surface area contributed by atoms with E-state index >= 15 is 0 Å². The number of halogens is 1. The molecule has 0 aromatic heterocycles. The Morgan fingerprint density at radius 2 is 2.29 bits per heavy atom. The zero-order valence-corrected chi connectivity index (χ0v) is 11.7. The molecule has 17 heavy (non-hydrogen) atoms. The van der Waals surface area contributed by atoms with E-state index in [4.69, 9.17) is 17.3 Å². The summed E-state index contributed by atoms with van der Waals surface area (Å²) in [5.74, 6) is 2.46. The van der Waals surface area contributed by atoms with Gasteiger partial charge in [-0.3, -0.25) is 4.90 Å². The van der Waals surface area contributed by atoms with Crippen LogP contribution in [0.1, 0.15) is 18.0 Å². The molecule has 2 nitrogen and oxygen atoms in total. The predicted molar refractivity (Wildman–Crippen MR) is 76.7 cm³/mol. The molecule has 0 amide bonds. The zero-order valence-electron chi connectivity index (χ0n) is 10.1. The first kappa shape index (κ1) is 13.2. The van der Waals surface area contributed by atoms with E-state index in [1.165, 1.54) is 17.9 Å². The van der Waals surface area contributed by atoms with Crippen molar-refractivity contribution in [1.29, 1.82) is 0 Å². The fourth-order valence-electron chi connectivity index (χ4n) is 2.36. The lowest BCUT2D eigenvalue weighted by molar-refractivity contribution is 0.193. The van der Waals surface area contributed by atoms with Crippen LogP contribution >= 0.6 is 23.4 Å². The average Bonchev–Trinajstić information content (AvgIpc) is 2.86. The number of hydrogen-bond acceptors (Lipinski definition) is 3. The average molecular weight is 271 g/mol. The molecule has 4 heteroatoms. The topological polar surface area (TPSA) is 29.3 Å². The molecule has 0 bridgehead atoms. The van der Waals surface area contributed by atoms with Gasteiger partial charge in [-0.1, -0.05) is 29.8 Å². The van der Waals surface area contributed by atoms with Crippen LogP contribution < -0.4 is 5.73 Å². The number of benzene rings is 1. The van der Waals surface area contributed by atoms with E-state index in [-0.39, 0.29) is 6.04 Å². The van der Waals surface area contributed by atoms with Crippen molar-refractivity contribution in [2.45, 2.75) is 18.5 Å². The Hall–Kier alpha value is -0.220. The molecule has 2 rings (SSSR count). The van der Waals surface area contributed by atoms with Crippen LogP contribution in [0.2, 0.25) is 5.02 Å². The van der Waals surface area contributed by atoms with Gasteiger partial charge >= 0.3 is 0 Å². The number of hydrogen-bond donors (Lipinski definition) is 1. The van der Waals surface area contributed by atoms with Crippen LogP contribution in [0, 0.1) is 0 Å². The maximum Gasteiger partial charge on any atom is 0.0485 e. The van der Waals surface area contributed by atoms with Gasteiger partial charge in [-0.2, -0.15) is 11.8 Å². The SMILES string of the molecule is CN(C1CCSC1)C(CN)c1ccccc1Cl. The van der Waals surface area contributed by atoms with Crippen LogP contribution in [0.3, 0.4) is 0 Å². The molecule has 1 aliphatic heterocycles. The molecular formula is C13H19ClN2S. The summed E-state index contributed by atoms with van der Waals surface area (Å²) in [6.45, 7) is 0.613. The lowest BCUT2D eigenvalue weighted by Gasteiger charge is -2.32. The Bertz CT molecular complexity index is 366.